The highest BCUT2D eigenvalue weighted by atomic mass is 32.1. The van der Waals surface area contributed by atoms with Crippen LogP contribution in [0.4, 0.5) is 5.00 Å². The van der Waals surface area contributed by atoms with Gasteiger partial charge in [0.2, 0.25) is 0 Å². The second kappa shape index (κ2) is 10.8. The highest BCUT2D eigenvalue weighted by Gasteiger charge is 2.30. The number of carbonyl (C=O) groups is 2. The normalized spacial score (nSPS) is 15.5. The molecule has 1 atom stereocenters. The van der Waals surface area contributed by atoms with Gasteiger partial charge in [0.25, 0.3) is 11.8 Å². The van der Waals surface area contributed by atoms with Crippen molar-refractivity contribution in [1.82, 2.24) is 4.90 Å². The molecule has 30 heavy (non-hydrogen) atoms. The van der Waals surface area contributed by atoms with Crippen LogP contribution in [0.5, 0.6) is 0 Å². The van der Waals surface area contributed by atoms with Gasteiger partial charge in [-0.05, 0) is 55.7 Å². The second-order valence-corrected chi connectivity index (χ2v) is 9.48. The summed E-state index contributed by atoms with van der Waals surface area (Å²) in [6.45, 7) is 8.13. The number of anilines is 1. The minimum absolute atomic E-state index is 0.0901. The smallest absolute Gasteiger partial charge is 0.257 e. The third-order valence-corrected chi connectivity index (χ3v) is 7.01. The van der Waals surface area contributed by atoms with Gasteiger partial charge in [0, 0.05) is 23.5 Å². The van der Waals surface area contributed by atoms with Crippen molar-refractivity contribution < 1.29 is 9.59 Å². The average Bonchev–Trinajstić information content (AvgIpc) is 3.10. The van der Waals surface area contributed by atoms with Crippen molar-refractivity contribution in [3.8, 4) is 0 Å². The molecule has 0 saturated carbocycles. The maximum absolute atomic E-state index is 13.7. The number of hydrogen-bond donors (Lipinski definition) is 1. The van der Waals surface area contributed by atoms with Crippen molar-refractivity contribution in [1.29, 1.82) is 0 Å². The third kappa shape index (κ3) is 5.31. The molecule has 0 fully saturated rings. The summed E-state index contributed by atoms with van der Waals surface area (Å²) < 4.78 is 0. The van der Waals surface area contributed by atoms with Crippen LogP contribution in [-0.4, -0.2) is 29.8 Å². The van der Waals surface area contributed by atoms with Crippen LogP contribution in [-0.2, 0) is 12.8 Å². The highest BCUT2D eigenvalue weighted by molar-refractivity contribution is 7.17. The second-order valence-electron chi connectivity index (χ2n) is 8.38. The predicted molar refractivity (Wildman–Crippen MR) is 126 cm³/mol. The summed E-state index contributed by atoms with van der Waals surface area (Å²) in [6.07, 6.45) is 7.14. The first-order valence-corrected chi connectivity index (χ1v) is 12.2. The molecule has 0 radical (unpaired) electrons. The topological polar surface area (TPSA) is 49.4 Å². The molecule has 1 aromatic carbocycles. The van der Waals surface area contributed by atoms with E-state index in [1.807, 2.05) is 23.1 Å². The molecule has 2 aromatic rings. The number of amides is 2. The van der Waals surface area contributed by atoms with E-state index >= 15 is 0 Å². The molecule has 1 N–H and O–H groups in total. The van der Waals surface area contributed by atoms with E-state index in [4.69, 9.17) is 0 Å². The van der Waals surface area contributed by atoms with E-state index in [9.17, 15) is 9.59 Å². The summed E-state index contributed by atoms with van der Waals surface area (Å²) in [6, 6.07) is 9.23. The number of nitrogens with zero attached hydrogens (tertiary/aromatic N) is 1. The fraction of sp³-hybridized carbons (Fsp3) is 0.520. The van der Waals surface area contributed by atoms with Crippen LogP contribution < -0.4 is 5.32 Å². The van der Waals surface area contributed by atoms with Crippen molar-refractivity contribution in [2.75, 3.05) is 18.4 Å². The SMILES string of the molecule is CCCCN(CCCC)C(=O)c1c(NC(=O)c2ccccc2)sc2c1CC[C@H](C)C2. The van der Waals surface area contributed by atoms with Gasteiger partial charge < -0.3 is 10.2 Å². The molecule has 0 unspecified atom stereocenters. The number of thiophene rings is 1. The van der Waals surface area contributed by atoms with Gasteiger partial charge in [-0.3, -0.25) is 9.59 Å². The van der Waals surface area contributed by atoms with E-state index in [1.165, 1.54) is 10.4 Å². The summed E-state index contributed by atoms with van der Waals surface area (Å²) in [7, 11) is 0. The van der Waals surface area contributed by atoms with Gasteiger partial charge in [0.1, 0.15) is 5.00 Å². The Morgan fingerprint density at radius 2 is 1.77 bits per heavy atom. The quantitative estimate of drug-likeness (QED) is 0.521. The molecule has 0 saturated heterocycles. The summed E-state index contributed by atoms with van der Waals surface area (Å²) >= 11 is 1.60. The average molecular weight is 427 g/mol. The summed E-state index contributed by atoms with van der Waals surface area (Å²) in [5.74, 6) is 0.560. The van der Waals surface area contributed by atoms with Gasteiger partial charge in [0.05, 0.1) is 5.56 Å². The van der Waals surface area contributed by atoms with Crippen LogP contribution in [0.1, 0.15) is 84.0 Å². The van der Waals surface area contributed by atoms with Crippen LogP contribution in [0.3, 0.4) is 0 Å². The maximum atomic E-state index is 13.7. The van der Waals surface area contributed by atoms with Crippen LogP contribution in [0.15, 0.2) is 30.3 Å². The number of fused-ring (bicyclic) bond motifs is 1. The van der Waals surface area contributed by atoms with E-state index in [-0.39, 0.29) is 11.8 Å². The first kappa shape index (κ1) is 22.5. The maximum Gasteiger partial charge on any atom is 0.257 e. The molecule has 162 valence electrons. The molecule has 0 bridgehead atoms. The zero-order valence-electron chi connectivity index (χ0n) is 18.5. The Morgan fingerprint density at radius 1 is 1.10 bits per heavy atom. The zero-order valence-corrected chi connectivity index (χ0v) is 19.3. The molecule has 1 heterocycles. The van der Waals surface area contributed by atoms with Crippen molar-refractivity contribution >= 4 is 28.2 Å². The van der Waals surface area contributed by atoms with E-state index in [0.717, 1.165) is 68.6 Å². The number of benzene rings is 1. The number of unbranched alkanes of at least 4 members (excludes halogenated alkanes) is 2. The molecular weight excluding hydrogens is 392 g/mol. The van der Waals surface area contributed by atoms with Crippen molar-refractivity contribution in [2.45, 2.75) is 65.7 Å². The Hall–Kier alpha value is -2.14. The van der Waals surface area contributed by atoms with E-state index in [0.29, 0.717) is 11.5 Å². The lowest BCUT2D eigenvalue weighted by molar-refractivity contribution is 0.0751. The van der Waals surface area contributed by atoms with Crippen molar-refractivity contribution in [3.05, 3.63) is 51.9 Å². The van der Waals surface area contributed by atoms with Crippen LogP contribution in [0.2, 0.25) is 0 Å². The first-order valence-electron chi connectivity index (χ1n) is 11.3. The summed E-state index contributed by atoms with van der Waals surface area (Å²) in [4.78, 5) is 29.8. The molecule has 4 nitrogen and oxygen atoms in total. The molecule has 2 amide bonds. The lowest BCUT2D eigenvalue weighted by atomic mass is 9.88. The van der Waals surface area contributed by atoms with Crippen LogP contribution >= 0.6 is 11.3 Å². The predicted octanol–water partition coefficient (Wildman–Crippen LogP) is 6.17. The molecule has 0 spiro atoms. The fourth-order valence-electron chi connectivity index (χ4n) is 4.00. The minimum Gasteiger partial charge on any atom is -0.339 e. The van der Waals surface area contributed by atoms with Gasteiger partial charge in [-0.25, -0.2) is 0 Å². The van der Waals surface area contributed by atoms with Gasteiger partial charge >= 0.3 is 0 Å². The van der Waals surface area contributed by atoms with Crippen molar-refractivity contribution in [2.24, 2.45) is 5.92 Å². The fourth-order valence-corrected chi connectivity index (χ4v) is 5.40. The number of nitrogens with one attached hydrogen (secondary N) is 1. The van der Waals surface area contributed by atoms with Gasteiger partial charge in [0.15, 0.2) is 0 Å². The molecule has 1 aliphatic carbocycles. The Balaban J connectivity index is 1.94. The summed E-state index contributed by atoms with van der Waals surface area (Å²) in [5, 5.41) is 3.81. The van der Waals surface area contributed by atoms with Gasteiger partial charge in [-0.15, -0.1) is 11.3 Å². The van der Waals surface area contributed by atoms with Crippen LogP contribution in [0.25, 0.3) is 0 Å². The zero-order chi connectivity index (χ0) is 21.5. The third-order valence-electron chi connectivity index (χ3n) is 5.84. The van der Waals surface area contributed by atoms with Crippen LogP contribution in [0, 0.1) is 5.92 Å². The minimum atomic E-state index is -0.148. The largest absolute Gasteiger partial charge is 0.339 e. The van der Waals surface area contributed by atoms with Crippen molar-refractivity contribution in [3.63, 3.8) is 0 Å². The van der Waals surface area contributed by atoms with Gasteiger partial charge in [-0.1, -0.05) is 51.8 Å². The Bertz CT molecular complexity index is 852. The molecule has 0 aliphatic heterocycles. The van der Waals surface area contributed by atoms with E-state index in [1.54, 1.807) is 23.5 Å². The monoisotopic (exact) mass is 426 g/mol. The lowest BCUT2D eigenvalue weighted by Crippen LogP contribution is -2.34. The number of carbonyl (C=O) groups excluding carboxylic acids is 2. The number of rotatable bonds is 9. The Kier molecular flexibility index (Phi) is 8.08. The molecule has 5 heteroatoms. The molecule has 1 aromatic heterocycles. The molecule has 3 rings (SSSR count). The highest BCUT2D eigenvalue weighted by Crippen LogP contribution is 2.40. The van der Waals surface area contributed by atoms with Gasteiger partial charge in [-0.2, -0.15) is 0 Å². The van der Waals surface area contributed by atoms with E-state index < -0.39 is 0 Å². The lowest BCUT2D eigenvalue weighted by Gasteiger charge is -2.25. The Labute approximate surface area is 184 Å². The standard InChI is InChI=1S/C25H34N2O2S/c1-4-6-15-27(16-7-5-2)25(29)22-20-14-13-18(3)17-21(20)30-24(22)26-23(28)19-11-9-8-10-12-19/h8-12,18H,4-7,13-17H2,1-3H3,(H,26,28)/t18-/m0/s1. The van der Waals surface area contributed by atoms with E-state index in [2.05, 4.69) is 26.1 Å². The summed E-state index contributed by atoms with van der Waals surface area (Å²) in [5.41, 5.74) is 2.53. The Morgan fingerprint density at radius 3 is 2.40 bits per heavy atom. The molecular formula is C25H34N2O2S. The first-order chi connectivity index (χ1) is 14.5. The number of hydrogen-bond acceptors (Lipinski definition) is 3. The molecule has 1 aliphatic rings.